The lowest BCUT2D eigenvalue weighted by atomic mass is 9.88. The van der Waals surface area contributed by atoms with Gasteiger partial charge in [0.05, 0.1) is 6.61 Å². The molecule has 3 N–H and O–H groups in total. The average molecular weight is 246 g/mol. The summed E-state index contributed by atoms with van der Waals surface area (Å²) >= 11 is 1.58. The maximum Gasteiger partial charge on any atom is 0.223 e. The van der Waals surface area contributed by atoms with Crippen molar-refractivity contribution in [3.05, 3.63) is 0 Å². The minimum Gasteiger partial charge on any atom is -0.395 e. The first-order valence-electron chi connectivity index (χ1n) is 5.74. The zero-order valence-electron chi connectivity index (χ0n) is 10.2. The maximum absolute atomic E-state index is 11.9. The van der Waals surface area contributed by atoms with E-state index in [0.717, 1.165) is 13.1 Å². The maximum atomic E-state index is 11.9. The summed E-state index contributed by atoms with van der Waals surface area (Å²) in [7, 11) is 0. The van der Waals surface area contributed by atoms with E-state index < -0.39 is 0 Å². The standard InChI is InChI=1S/C11H22N2O2S/c1-7(9-4-12-5-9)11(15)13-8(2)10(6-14)16-3/h7-10,12,14H,4-6H2,1-3H3,(H,13,15). The zero-order chi connectivity index (χ0) is 12.1. The second-order valence-corrected chi connectivity index (χ2v) is 5.54. The number of amides is 1. The number of hydrogen-bond acceptors (Lipinski definition) is 4. The first-order valence-corrected chi connectivity index (χ1v) is 7.03. The topological polar surface area (TPSA) is 61.4 Å². The molecule has 0 aromatic heterocycles. The Balaban J connectivity index is 2.37. The van der Waals surface area contributed by atoms with Crippen molar-refractivity contribution in [3.8, 4) is 0 Å². The molecule has 0 aromatic rings. The highest BCUT2D eigenvalue weighted by Crippen LogP contribution is 2.17. The van der Waals surface area contributed by atoms with Crippen LogP contribution in [0.4, 0.5) is 0 Å². The van der Waals surface area contributed by atoms with Gasteiger partial charge in [-0.1, -0.05) is 6.92 Å². The zero-order valence-corrected chi connectivity index (χ0v) is 11.0. The average Bonchev–Trinajstić information content (AvgIpc) is 2.16. The molecule has 0 aromatic carbocycles. The molecule has 0 bridgehead atoms. The Labute approximate surface area is 102 Å². The van der Waals surface area contributed by atoms with Gasteiger partial charge in [0.2, 0.25) is 5.91 Å². The molecule has 1 amide bonds. The predicted octanol–water partition coefficient (Wildman–Crippen LogP) is 0.0705. The molecule has 3 unspecified atom stereocenters. The SMILES string of the molecule is CSC(CO)C(C)NC(=O)C(C)C1CNC1. The van der Waals surface area contributed by atoms with E-state index in [2.05, 4.69) is 10.6 Å². The van der Waals surface area contributed by atoms with E-state index >= 15 is 0 Å². The molecule has 0 saturated carbocycles. The van der Waals surface area contributed by atoms with Crippen LogP contribution in [0.3, 0.4) is 0 Å². The number of nitrogens with one attached hydrogen (secondary N) is 2. The quantitative estimate of drug-likeness (QED) is 0.621. The van der Waals surface area contributed by atoms with Crippen LogP contribution in [0.1, 0.15) is 13.8 Å². The number of aliphatic hydroxyl groups is 1. The summed E-state index contributed by atoms with van der Waals surface area (Å²) in [6, 6.07) is 0.0167. The number of carbonyl (C=O) groups excluding carboxylic acids is 1. The molecule has 1 aliphatic heterocycles. The summed E-state index contributed by atoms with van der Waals surface area (Å²) in [6.07, 6.45) is 1.95. The smallest absolute Gasteiger partial charge is 0.223 e. The van der Waals surface area contributed by atoms with Gasteiger partial charge in [-0.3, -0.25) is 4.79 Å². The van der Waals surface area contributed by atoms with Crippen molar-refractivity contribution in [2.45, 2.75) is 25.1 Å². The third-order valence-electron chi connectivity index (χ3n) is 3.34. The molecule has 1 fully saturated rings. The third-order valence-corrected chi connectivity index (χ3v) is 4.51. The Morgan fingerprint density at radius 1 is 1.56 bits per heavy atom. The number of aliphatic hydroxyl groups excluding tert-OH is 1. The molecule has 0 aliphatic carbocycles. The first kappa shape index (κ1) is 13.8. The lowest BCUT2D eigenvalue weighted by Crippen LogP contribution is -2.52. The summed E-state index contributed by atoms with van der Waals surface area (Å²) in [5, 5.41) is 15.4. The summed E-state index contributed by atoms with van der Waals surface area (Å²) in [6.45, 7) is 5.90. The van der Waals surface area contributed by atoms with Crippen molar-refractivity contribution in [2.75, 3.05) is 26.0 Å². The Bertz CT molecular complexity index is 230. The van der Waals surface area contributed by atoms with E-state index in [-0.39, 0.29) is 29.7 Å². The Morgan fingerprint density at radius 2 is 2.19 bits per heavy atom. The Kier molecular flexibility index (Phi) is 5.58. The Hall–Kier alpha value is -0.260. The van der Waals surface area contributed by atoms with Gasteiger partial charge in [0.15, 0.2) is 0 Å². The van der Waals surface area contributed by atoms with Crippen LogP contribution < -0.4 is 10.6 Å². The van der Waals surface area contributed by atoms with Gasteiger partial charge < -0.3 is 15.7 Å². The first-order chi connectivity index (χ1) is 7.60. The third kappa shape index (κ3) is 3.37. The van der Waals surface area contributed by atoms with Crippen molar-refractivity contribution in [3.63, 3.8) is 0 Å². The molecule has 1 heterocycles. The van der Waals surface area contributed by atoms with Gasteiger partial charge in [0.1, 0.15) is 0 Å². The van der Waals surface area contributed by atoms with Gasteiger partial charge in [-0.15, -0.1) is 0 Å². The van der Waals surface area contributed by atoms with E-state index in [1.54, 1.807) is 11.8 Å². The summed E-state index contributed by atoms with van der Waals surface area (Å²) in [5.74, 6) is 0.630. The van der Waals surface area contributed by atoms with Crippen LogP contribution in [-0.4, -0.2) is 48.3 Å². The number of rotatable bonds is 6. The lowest BCUT2D eigenvalue weighted by molar-refractivity contribution is -0.127. The molecule has 1 aliphatic rings. The number of hydrogen-bond donors (Lipinski definition) is 3. The van der Waals surface area contributed by atoms with Gasteiger partial charge in [-0.05, 0) is 32.2 Å². The summed E-state index contributed by atoms with van der Waals surface area (Å²) in [4.78, 5) is 11.9. The highest BCUT2D eigenvalue weighted by atomic mass is 32.2. The van der Waals surface area contributed by atoms with Crippen LogP contribution in [0.15, 0.2) is 0 Å². The lowest BCUT2D eigenvalue weighted by Gasteiger charge is -2.33. The molecular formula is C11H22N2O2S. The fraction of sp³-hybridized carbons (Fsp3) is 0.909. The van der Waals surface area contributed by atoms with Crippen molar-refractivity contribution >= 4 is 17.7 Å². The van der Waals surface area contributed by atoms with Crippen molar-refractivity contribution in [2.24, 2.45) is 11.8 Å². The van der Waals surface area contributed by atoms with Gasteiger partial charge in [0, 0.05) is 17.2 Å². The minimum absolute atomic E-state index is 0.0167. The van der Waals surface area contributed by atoms with Crippen LogP contribution in [0.2, 0.25) is 0 Å². The molecule has 16 heavy (non-hydrogen) atoms. The molecule has 1 saturated heterocycles. The summed E-state index contributed by atoms with van der Waals surface area (Å²) in [5.41, 5.74) is 0. The fourth-order valence-electron chi connectivity index (χ4n) is 1.76. The molecule has 1 rings (SSSR count). The number of thioether (sulfide) groups is 1. The monoisotopic (exact) mass is 246 g/mol. The van der Waals surface area contributed by atoms with Crippen molar-refractivity contribution in [1.29, 1.82) is 0 Å². The van der Waals surface area contributed by atoms with Gasteiger partial charge in [0.25, 0.3) is 0 Å². The van der Waals surface area contributed by atoms with Gasteiger partial charge in [-0.25, -0.2) is 0 Å². The van der Waals surface area contributed by atoms with Crippen LogP contribution in [-0.2, 0) is 4.79 Å². The largest absolute Gasteiger partial charge is 0.395 e. The van der Waals surface area contributed by atoms with Crippen LogP contribution in [0.25, 0.3) is 0 Å². The minimum atomic E-state index is 0.0167. The molecule has 3 atom stereocenters. The molecule has 5 heteroatoms. The van der Waals surface area contributed by atoms with Crippen molar-refractivity contribution < 1.29 is 9.90 Å². The Morgan fingerprint density at radius 3 is 2.56 bits per heavy atom. The van der Waals surface area contributed by atoms with E-state index in [9.17, 15) is 4.79 Å². The predicted molar refractivity (Wildman–Crippen MR) is 67.5 cm³/mol. The number of carbonyl (C=O) groups is 1. The van der Waals surface area contributed by atoms with Crippen LogP contribution in [0.5, 0.6) is 0 Å². The van der Waals surface area contributed by atoms with Gasteiger partial charge in [-0.2, -0.15) is 11.8 Å². The second kappa shape index (κ2) is 6.47. The van der Waals surface area contributed by atoms with Crippen LogP contribution in [0, 0.1) is 11.8 Å². The van der Waals surface area contributed by atoms with E-state index in [1.165, 1.54) is 0 Å². The molecule has 94 valence electrons. The molecule has 4 nitrogen and oxygen atoms in total. The molecule has 0 radical (unpaired) electrons. The van der Waals surface area contributed by atoms with E-state index in [1.807, 2.05) is 20.1 Å². The highest BCUT2D eigenvalue weighted by molar-refractivity contribution is 7.99. The highest BCUT2D eigenvalue weighted by Gasteiger charge is 2.30. The fourth-order valence-corrected chi connectivity index (χ4v) is 2.39. The molecular weight excluding hydrogens is 224 g/mol. The summed E-state index contributed by atoms with van der Waals surface area (Å²) < 4.78 is 0. The van der Waals surface area contributed by atoms with E-state index in [4.69, 9.17) is 5.11 Å². The molecule has 0 spiro atoms. The van der Waals surface area contributed by atoms with Crippen molar-refractivity contribution in [1.82, 2.24) is 10.6 Å². The van der Waals surface area contributed by atoms with Crippen LogP contribution >= 0.6 is 11.8 Å². The normalized spacial score (nSPS) is 22.0. The van der Waals surface area contributed by atoms with E-state index in [0.29, 0.717) is 5.92 Å². The van der Waals surface area contributed by atoms with Gasteiger partial charge >= 0.3 is 0 Å². The second-order valence-electron chi connectivity index (χ2n) is 4.46.